The van der Waals surface area contributed by atoms with Gasteiger partial charge < -0.3 is 16.5 Å². The van der Waals surface area contributed by atoms with Gasteiger partial charge in [-0.25, -0.2) is 0 Å². The molecule has 3 N–H and O–H groups in total. The number of hydrogen-bond acceptors (Lipinski definition) is 4. The summed E-state index contributed by atoms with van der Waals surface area (Å²) in [6.07, 6.45) is 0. The largest absolute Gasteiger partial charge is 1.00 e. The van der Waals surface area contributed by atoms with Gasteiger partial charge in [-0.1, -0.05) is 0 Å². The van der Waals surface area contributed by atoms with Gasteiger partial charge in [-0.05, 0) is 0 Å². The molecule has 0 aromatic rings. The van der Waals surface area contributed by atoms with Gasteiger partial charge in [-0.15, -0.1) is 0 Å². The summed E-state index contributed by atoms with van der Waals surface area (Å²) in [7, 11) is -2.17. The van der Waals surface area contributed by atoms with Crippen molar-refractivity contribution in [3.63, 3.8) is 0 Å². The van der Waals surface area contributed by atoms with Gasteiger partial charge in [0, 0.05) is 6.92 Å². The second-order valence-corrected chi connectivity index (χ2v) is 0.570. The third-order valence-corrected chi connectivity index (χ3v) is 0. The molecule has 0 fully saturated rings. The van der Waals surface area contributed by atoms with E-state index in [0.717, 1.165) is 0 Å². The smallest absolute Gasteiger partial charge is 1.00 e. The molecule has 42 valence electrons. The van der Waals surface area contributed by atoms with Crippen LogP contribution in [-0.4, -0.2) is 22.4 Å². The maximum absolute atomic E-state index is 7.32. The zero-order valence-electron chi connectivity index (χ0n) is 5.87. The van der Waals surface area contributed by atoms with Gasteiger partial charge in [0.1, 0.15) is 0 Å². The first-order valence-corrected chi connectivity index (χ1v) is 1.50. The summed E-state index contributed by atoms with van der Waals surface area (Å²) < 4.78 is 0. The number of nitrogens with zero attached hydrogens (tertiary/aromatic N) is 1. The zero-order chi connectivity index (χ0) is 6.28. The molecule has 0 heterocycles. The third-order valence-electron chi connectivity index (χ3n) is 0. The fraction of sp³-hybridized carbons (Fsp3) is 0.500. The zero-order valence-corrected chi connectivity index (χ0v) is 6.87. The van der Waals surface area contributed by atoms with E-state index in [1.54, 1.807) is 6.07 Å². The Balaban J connectivity index is -0.0000000233. The van der Waals surface area contributed by atoms with Gasteiger partial charge in [-0.3, -0.25) is 0 Å². The summed E-state index contributed by atoms with van der Waals surface area (Å²) in [6.45, 7) is 1.43. The predicted octanol–water partition coefficient (Wildman–Crippen LogP) is -4.41. The third kappa shape index (κ3) is 1000. The molecule has 0 atom stereocenters. The van der Waals surface area contributed by atoms with Crippen molar-refractivity contribution in [3.05, 3.63) is 0 Å². The van der Waals surface area contributed by atoms with E-state index >= 15 is 0 Å². The van der Waals surface area contributed by atoms with Crippen LogP contribution in [0.25, 0.3) is 0 Å². The van der Waals surface area contributed by atoms with Crippen molar-refractivity contribution < 1.29 is 46.1 Å². The Kier molecular flexibility index (Phi) is 30.9. The van der Waals surface area contributed by atoms with Gasteiger partial charge >= 0.3 is 36.9 Å². The van der Waals surface area contributed by atoms with Gasteiger partial charge in [0.25, 0.3) is 0 Å². The van der Waals surface area contributed by atoms with Crippen LogP contribution in [0.2, 0.25) is 0 Å². The van der Waals surface area contributed by atoms with E-state index in [1.807, 2.05) is 0 Å². The molecule has 0 spiro atoms. The summed E-state index contributed by atoms with van der Waals surface area (Å²) in [6, 6.07) is 1.75. The van der Waals surface area contributed by atoms with Crippen LogP contribution >= 0.6 is 0 Å². The van der Waals surface area contributed by atoms with Crippen LogP contribution in [0.1, 0.15) is 8.35 Å². The van der Waals surface area contributed by atoms with Crippen molar-refractivity contribution in [1.29, 1.82) is 5.26 Å². The Morgan fingerprint density at radius 3 is 1.50 bits per heavy atom. The molecule has 0 saturated heterocycles. The molecular formula is C2H7BNNaO3. The van der Waals surface area contributed by atoms with Crippen LogP contribution in [0.15, 0.2) is 0 Å². The van der Waals surface area contributed by atoms with E-state index in [4.69, 9.17) is 20.3 Å². The normalized spacial score (nSPS) is 4.38. The topological polar surface area (TPSA) is 84.5 Å². The molecule has 0 aromatic heterocycles. The van der Waals surface area contributed by atoms with Crippen LogP contribution < -0.4 is 29.6 Å². The molecule has 0 aliphatic heterocycles. The van der Waals surface area contributed by atoms with Crippen molar-refractivity contribution in [1.82, 2.24) is 0 Å². The van der Waals surface area contributed by atoms with E-state index in [-0.39, 0.29) is 31.0 Å². The maximum atomic E-state index is 7.32. The Labute approximate surface area is 71.7 Å². The minimum absolute atomic E-state index is 0. The molecule has 6 heteroatoms. The fourth-order valence-electron chi connectivity index (χ4n) is 0. The minimum atomic E-state index is -2.17. The Hall–Kier alpha value is 0.435. The van der Waals surface area contributed by atoms with Gasteiger partial charge in [0.05, 0.1) is 6.07 Å². The van der Waals surface area contributed by atoms with E-state index in [2.05, 4.69) is 0 Å². The average molecular weight is 127 g/mol. The molecule has 8 heavy (non-hydrogen) atoms. The predicted molar refractivity (Wildman–Crippen MR) is 24.8 cm³/mol. The molecule has 0 aromatic carbocycles. The minimum Gasteiger partial charge on any atom is -1.00 e. The van der Waals surface area contributed by atoms with Crippen LogP contribution in [0.5, 0.6) is 0 Å². The van der Waals surface area contributed by atoms with Crippen LogP contribution in [0.4, 0.5) is 0 Å². The SMILES string of the molecule is CC#N.OB(O)O.[H-].[Na+]. The molecule has 4 nitrogen and oxygen atoms in total. The van der Waals surface area contributed by atoms with E-state index in [0.29, 0.717) is 0 Å². The molecule has 0 unspecified atom stereocenters. The maximum Gasteiger partial charge on any atom is 1.00 e. The quantitative estimate of drug-likeness (QED) is 0.287. The summed E-state index contributed by atoms with van der Waals surface area (Å²) in [4.78, 5) is 0. The van der Waals surface area contributed by atoms with Crippen molar-refractivity contribution in [3.8, 4) is 6.07 Å². The first-order chi connectivity index (χ1) is 3.15. The Morgan fingerprint density at radius 1 is 1.50 bits per heavy atom. The standard InChI is InChI=1S/C2H3N.BH3O3.Na.H/c1-2-3;2-1(3)4;;/h1H3;2-4H;;/q;;+1;-1. The van der Waals surface area contributed by atoms with Crippen LogP contribution in [0, 0.1) is 11.3 Å². The molecular weight excluding hydrogens is 120 g/mol. The summed E-state index contributed by atoms with van der Waals surface area (Å²) in [5.74, 6) is 0. The fourth-order valence-corrected chi connectivity index (χ4v) is 0. The second-order valence-electron chi connectivity index (χ2n) is 0.570. The molecule has 0 saturated carbocycles. The average Bonchev–Trinajstić information content (AvgIpc) is 1.33. The molecule has 0 rings (SSSR count). The number of rotatable bonds is 0. The van der Waals surface area contributed by atoms with Crippen molar-refractivity contribution >= 4 is 7.32 Å². The van der Waals surface area contributed by atoms with E-state index in [1.165, 1.54) is 6.92 Å². The summed E-state index contributed by atoms with van der Waals surface area (Å²) >= 11 is 0. The van der Waals surface area contributed by atoms with Gasteiger partial charge in [0.2, 0.25) is 0 Å². The van der Waals surface area contributed by atoms with Crippen LogP contribution in [0.3, 0.4) is 0 Å². The van der Waals surface area contributed by atoms with Gasteiger partial charge in [0.15, 0.2) is 0 Å². The molecule has 0 amide bonds. The monoisotopic (exact) mass is 127 g/mol. The Morgan fingerprint density at radius 2 is 1.50 bits per heavy atom. The summed E-state index contributed by atoms with van der Waals surface area (Å²) in [5.41, 5.74) is 0. The van der Waals surface area contributed by atoms with Crippen molar-refractivity contribution in [2.45, 2.75) is 6.92 Å². The molecule has 0 aliphatic rings. The number of nitriles is 1. The van der Waals surface area contributed by atoms with Crippen molar-refractivity contribution in [2.24, 2.45) is 0 Å². The van der Waals surface area contributed by atoms with E-state index in [9.17, 15) is 0 Å². The van der Waals surface area contributed by atoms with Crippen LogP contribution in [-0.2, 0) is 0 Å². The first kappa shape index (κ1) is 15.8. The molecule has 0 aliphatic carbocycles. The molecule has 0 radical (unpaired) electrons. The van der Waals surface area contributed by atoms with Crippen molar-refractivity contribution in [2.75, 3.05) is 0 Å². The Bertz CT molecular complexity index is 64.6. The number of hydrogen-bond donors (Lipinski definition) is 3. The second kappa shape index (κ2) is 15.7. The van der Waals surface area contributed by atoms with Gasteiger partial charge in [-0.2, -0.15) is 5.26 Å². The summed E-state index contributed by atoms with van der Waals surface area (Å²) in [5, 5.41) is 28.8. The van der Waals surface area contributed by atoms with E-state index < -0.39 is 7.32 Å². The first-order valence-electron chi connectivity index (χ1n) is 1.50. The molecule has 0 bridgehead atoms.